The van der Waals surface area contributed by atoms with Gasteiger partial charge in [-0.25, -0.2) is 5.43 Å². The molecule has 3 rings (SSSR count). The average molecular weight is 385 g/mol. The number of fused-ring (bicyclic) bond motifs is 1. The molecule has 3 aromatic rings. The Bertz CT molecular complexity index is 1050. The molecule has 0 radical (unpaired) electrons. The van der Waals surface area contributed by atoms with Crippen molar-refractivity contribution in [1.82, 2.24) is 5.43 Å². The summed E-state index contributed by atoms with van der Waals surface area (Å²) in [6.07, 6.45) is 3.89. The van der Waals surface area contributed by atoms with Crippen molar-refractivity contribution in [1.29, 1.82) is 0 Å². The third-order valence-corrected chi connectivity index (χ3v) is 4.32. The van der Waals surface area contributed by atoms with Gasteiger partial charge in [0, 0.05) is 23.9 Å². The SMILES string of the molecule is CC(/C=C/c1ccccc1)=N\NC(=O)CCC(=O)Nc1cccc2ccccc12. The Morgan fingerprint density at radius 3 is 2.38 bits per heavy atom. The lowest BCUT2D eigenvalue weighted by molar-refractivity contribution is -0.124. The van der Waals surface area contributed by atoms with Crippen LogP contribution in [-0.4, -0.2) is 17.5 Å². The van der Waals surface area contributed by atoms with Gasteiger partial charge in [-0.3, -0.25) is 9.59 Å². The number of hydrogen-bond donors (Lipinski definition) is 2. The van der Waals surface area contributed by atoms with E-state index in [2.05, 4.69) is 15.8 Å². The van der Waals surface area contributed by atoms with E-state index in [1.54, 1.807) is 6.92 Å². The van der Waals surface area contributed by atoms with Gasteiger partial charge in [0.05, 0.1) is 5.71 Å². The molecular weight excluding hydrogens is 362 g/mol. The molecule has 0 bridgehead atoms. The zero-order valence-corrected chi connectivity index (χ0v) is 16.3. The standard InChI is InChI=1S/C24H23N3O2/c1-18(14-15-19-8-3-2-4-9-19)26-27-24(29)17-16-23(28)25-22-13-7-11-20-10-5-6-12-21(20)22/h2-15H,16-17H2,1H3,(H,25,28)(H,27,29)/b15-14+,26-18+. The third kappa shape index (κ3) is 6.14. The lowest BCUT2D eigenvalue weighted by Gasteiger charge is -2.08. The number of rotatable bonds is 7. The lowest BCUT2D eigenvalue weighted by atomic mass is 10.1. The Morgan fingerprint density at radius 2 is 1.55 bits per heavy atom. The minimum Gasteiger partial charge on any atom is -0.326 e. The summed E-state index contributed by atoms with van der Waals surface area (Å²) in [5.74, 6) is -0.508. The van der Waals surface area contributed by atoms with Gasteiger partial charge in [-0.05, 0) is 30.0 Å². The second-order valence-corrected chi connectivity index (χ2v) is 6.61. The van der Waals surface area contributed by atoms with Crippen molar-refractivity contribution in [2.24, 2.45) is 5.10 Å². The Morgan fingerprint density at radius 1 is 0.862 bits per heavy atom. The Balaban J connectivity index is 1.47. The van der Waals surface area contributed by atoms with Crippen LogP contribution in [0.5, 0.6) is 0 Å². The van der Waals surface area contributed by atoms with Crippen LogP contribution >= 0.6 is 0 Å². The second-order valence-electron chi connectivity index (χ2n) is 6.61. The molecule has 3 aromatic carbocycles. The first-order chi connectivity index (χ1) is 14.1. The molecule has 146 valence electrons. The summed E-state index contributed by atoms with van der Waals surface area (Å²) in [4.78, 5) is 24.2. The van der Waals surface area contributed by atoms with Crippen molar-refractivity contribution >= 4 is 40.1 Å². The van der Waals surface area contributed by atoms with E-state index in [4.69, 9.17) is 0 Å². The van der Waals surface area contributed by atoms with E-state index in [-0.39, 0.29) is 24.7 Å². The van der Waals surface area contributed by atoms with Crippen LogP contribution in [-0.2, 0) is 9.59 Å². The normalized spacial score (nSPS) is 11.6. The van der Waals surface area contributed by atoms with E-state index in [9.17, 15) is 9.59 Å². The average Bonchev–Trinajstić information content (AvgIpc) is 2.76. The fraction of sp³-hybridized carbons (Fsp3) is 0.125. The minimum atomic E-state index is -0.300. The lowest BCUT2D eigenvalue weighted by Crippen LogP contribution is -2.21. The summed E-state index contributed by atoms with van der Waals surface area (Å²) in [7, 11) is 0. The van der Waals surface area contributed by atoms with Crippen molar-refractivity contribution in [3.8, 4) is 0 Å². The highest BCUT2D eigenvalue weighted by molar-refractivity contribution is 6.03. The van der Waals surface area contributed by atoms with Gasteiger partial charge in [0.2, 0.25) is 11.8 Å². The number of carbonyl (C=O) groups is 2. The number of nitrogens with zero attached hydrogens (tertiary/aromatic N) is 1. The van der Waals surface area contributed by atoms with Crippen LogP contribution in [0.4, 0.5) is 5.69 Å². The quantitative estimate of drug-likeness (QED) is 0.454. The Hall–Kier alpha value is -3.73. The summed E-state index contributed by atoms with van der Waals surface area (Å²) >= 11 is 0. The zero-order valence-electron chi connectivity index (χ0n) is 16.3. The van der Waals surface area contributed by atoms with Crippen LogP contribution in [0.2, 0.25) is 0 Å². The minimum absolute atomic E-state index is 0.0653. The molecular formula is C24H23N3O2. The predicted molar refractivity (Wildman–Crippen MR) is 119 cm³/mol. The van der Waals surface area contributed by atoms with E-state index >= 15 is 0 Å². The molecule has 0 fully saturated rings. The molecule has 0 atom stereocenters. The molecule has 2 amide bonds. The van der Waals surface area contributed by atoms with Gasteiger partial charge >= 0.3 is 0 Å². The van der Waals surface area contributed by atoms with Crippen LogP contribution in [0.25, 0.3) is 16.8 Å². The molecule has 0 unspecified atom stereocenters. The van der Waals surface area contributed by atoms with Gasteiger partial charge in [-0.15, -0.1) is 0 Å². The molecule has 0 aromatic heterocycles. The fourth-order valence-corrected chi connectivity index (χ4v) is 2.80. The second kappa shape index (κ2) is 9.99. The summed E-state index contributed by atoms with van der Waals surface area (Å²) in [5.41, 5.74) is 4.95. The van der Waals surface area contributed by atoms with E-state index in [1.807, 2.05) is 84.9 Å². The van der Waals surface area contributed by atoms with E-state index in [1.165, 1.54) is 0 Å². The molecule has 5 heteroatoms. The summed E-state index contributed by atoms with van der Waals surface area (Å²) in [6.45, 7) is 1.80. The molecule has 0 saturated carbocycles. The number of hydrazone groups is 1. The monoisotopic (exact) mass is 385 g/mol. The van der Waals surface area contributed by atoms with Gasteiger partial charge in [0.15, 0.2) is 0 Å². The molecule has 0 heterocycles. The molecule has 5 nitrogen and oxygen atoms in total. The third-order valence-electron chi connectivity index (χ3n) is 4.32. The van der Waals surface area contributed by atoms with E-state index < -0.39 is 0 Å². The Kier molecular flexibility index (Phi) is 6.90. The van der Waals surface area contributed by atoms with Crippen molar-refractivity contribution in [2.75, 3.05) is 5.32 Å². The van der Waals surface area contributed by atoms with Crippen molar-refractivity contribution < 1.29 is 9.59 Å². The van der Waals surface area contributed by atoms with Crippen molar-refractivity contribution in [3.63, 3.8) is 0 Å². The summed E-state index contributed by atoms with van der Waals surface area (Å²) < 4.78 is 0. The molecule has 0 spiro atoms. The number of allylic oxidation sites excluding steroid dienone is 1. The highest BCUT2D eigenvalue weighted by Gasteiger charge is 2.08. The number of carbonyl (C=O) groups excluding carboxylic acids is 2. The maximum Gasteiger partial charge on any atom is 0.240 e. The molecule has 0 aliphatic heterocycles. The topological polar surface area (TPSA) is 70.6 Å². The molecule has 29 heavy (non-hydrogen) atoms. The number of anilines is 1. The van der Waals surface area contributed by atoms with Crippen LogP contribution in [0.3, 0.4) is 0 Å². The van der Waals surface area contributed by atoms with E-state index in [0.29, 0.717) is 5.71 Å². The van der Waals surface area contributed by atoms with Crippen molar-refractivity contribution in [3.05, 3.63) is 84.4 Å². The summed E-state index contributed by atoms with van der Waals surface area (Å²) in [6, 6.07) is 23.4. The smallest absolute Gasteiger partial charge is 0.240 e. The largest absolute Gasteiger partial charge is 0.326 e. The number of benzene rings is 3. The van der Waals surface area contributed by atoms with Crippen LogP contribution in [0.1, 0.15) is 25.3 Å². The van der Waals surface area contributed by atoms with Crippen LogP contribution in [0, 0.1) is 0 Å². The molecule has 0 aliphatic rings. The van der Waals surface area contributed by atoms with Crippen LogP contribution in [0.15, 0.2) is 84.0 Å². The molecule has 0 aliphatic carbocycles. The van der Waals surface area contributed by atoms with Gasteiger partial charge in [0.1, 0.15) is 0 Å². The zero-order chi connectivity index (χ0) is 20.5. The first-order valence-electron chi connectivity index (χ1n) is 9.46. The number of amides is 2. The highest BCUT2D eigenvalue weighted by atomic mass is 16.2. The van der Waals surface area contributed by atoms with E-state index in [0.717, 1.165) is 22.0 Å². The number of hydrogen-bond acceptors (Lipinski definition) is 3. The first-order valence-corrected chi connectivity index (χ1v) is 9.46. The highest BCUT2D eigenvalue weighted by Crippen LogP contribution is 2.23. The fourth-order valence-electron chi connectivity index (χ4n) is 2.80. The maximum atomic E-state index is 12.2. The molecule has 0 saturated heterocycles. The van der Waals surface area contributed by atoms with Gasteiger partial charge in [-0.2, -0.15) is 5.10 Å². The Labute approximate surface area is 170 Å². The number of nitrogens with one attached hydrogen (secondary N) is 2. The summed E-state index contributed by atoms with van der Waals surface area (Å²) in [5, 5.41) is 8.94. The van der Waals surface area contributed by atoms with Gasteiger partial charge in [0.25, 0.3) is 0 Å². The molecule has 2 N–H and O–H groups in total. The van der Waals surface area contributed by atoms with Gasteiger partial charge < -0.3 is 5.32 Å². The first kappa shape index (κ1) is 20.0. The van der Waals surface area contributed by atoms with Gasteiger partial charge in [-0.1, -0.05) is 72.8 Å². The predicted octanol–water partition coefficient (Wildman–Crippen LogP) is 4.76. The van der Waals surface area contributed by atoms with Crippen molar-refractivity contribution in [2.45, 2.75) is 19.8 Å². The maximum absolute atomic E-state index is 12.2. The van der Waals surface area contributed by atoms with Crippen LogP contribution < -0.4 is 10.7 Å².